The van der Waals surface area contributed by atoms with Crippen LogP contribution < -0.4 is 5.32 Å². The van der Waals surface area contributed by atoms with Crippen molar-refractivity contribution in [2.45, 2.75) is 57.6 Å². The molecular weight excluding hydrogens is 282 g/mol. The number of halogens is 1. The molecule has 3 nitrogen and oxygen atoms in total. The standard InChI is InChI=1S/C13H24BrNO2/c1-10(2)11(5-8-14)15-12(16)9-13(17-3)6-4-7-13/h10-11H,4-9H2,1-3H3,(H,15,16). The molecule has 0 aromatic heterocycles. The second-order valence-corrected chi connectivity index (χ2v) is 6.11. The normalized spacial score (nSPS) is 19.8. The van der Waals surface area contributed by atoms with E-state index in [-0.39, 0.29) is 17.6 Å². The molecule has 0 saturated heterocycles. The number of carbonyl (C=O) groups is 1. The molecule has 1 aliphatic rings. The van der Waals surface area contributed by atoms with E-state index in [9.17, 15) is 4.79 Å². The van der Waals surface area contributed by atoms with E-state index in [1.165, 1.54) is 6.42 Å². The van der Waals surface area contributed by atoms with Gasteiger partial charge in [0.15, 0.2) is 0 Å². The van der Waals surface area contributed by atoms with Crippen LogP contribution in [0.5, 0.6) is 0 Å². The van der Waals surface area contributed by atoms with Gasteiger partial charge >= 0.3 is 0 Å². The Bertz CT molecular complexity index is 246. The van der Waals surface area contributed by atoms with Crippen LogP contribution in [0.25, 0.3) is 0 Å². The fraction of sp³-hybridized carbons (Fsp3) is 0.923. The predicted molar refractivity (Wildman–Crippen MR) is 73.4 cm³/mol. The highest BCUT2D eigenvalue weighted by Crippen LogP contribution is 2.37. The zero-order valence-corrected chi connectivity index (χ0v) is 12.7. The summed E-state index contributed by atoms with van der Waals surface area (Å²) in [6.45, 7) is 4.28. The number of amides is 1. The van der Waals surface area contributed by atoms with E-state index in [1.54, 1.807) is 7.11 Å². The highest BCUT2D eigenvalue weighted by molar-refractivity contribution is 9.09. The first-order valence-corrected chi connectivity index (χ1v) is 7.55. The highest BCUT2D eigenvalue weighted by Gasteiger charge is 2.39. The lowest BCUT2D eigenvalue weighted by Gasteiger charge is -2.40. The predicted octanol–water partition coefficient (Wildman–Crippen LogP) is 2.87. The Balaban J connectivity index is 2.41. The molecule has 100 valence electrons. The Morgan fingerprint density at radius 2 is 2.12 bits per heavy atom. The minimum atomic E-state index is -0.167. The van der Waals surface area contributed by atoms with Crippen LogP contribution in [0, 0.1) is 5.92 Å². The van der Waals surface area contributed by atoms with Gasteiger partial charge in [-0.05, 0) is 31.6 Å². The topological polar surface area (TPSA) is 38.3 Å². The maximum atomic E-state index is 12.0. The van der Waals surface area contributed by atoms with Crippen LogP contribution in [-0.4, -0.2) is 30.0 Å². The summed E-state index contributed by atoms with van der Waals surface area (Å²) < 4.78 is 5.48. The minimum absolute atomic E-state index is 0.131. The molecule has 1 unspecified atom stereocenters. The first-order valence-electron chi connectivity index (χ1n) is 6.43. The van der Waals surface area contributed by atoms with Crippen molar-refractivity contribution in [1.82, 2.24) is 5.32 Å². The monoisotopic (exact) mass is 305 g/mol. The van der Waals surface area contributed by atoms with Crippen LogP contribution in [0.1, 0.15) is 46.0 Å². The molecule has 0 bridgehead atoms. The van der Waals surface area contributed by atoms with E-state index in [0.717, 1.165) is 24.6 Å². The number of methoxy groups -OCH3 is 1. The number of nitrogens with one attached hydrogen (secondary N) is 1. The Labute approximate surface area is 113 Å². The SMILES string of the molecule is COC1(CC(=O)NC(CCBr)C(C)C)CCC1. The molecule has 1 atom stereocenters. The van der Waals surface area contributed by atoms with E-state index >= 15 is 0 Å². The molecule has 0 heterocycles. The van der Waals surface area contributed by atoms with E-state index in [0.29, 0.717) is 12.3 Å². The van der Waals surface area contributed by atoms with E-state index in [4.69, 9.17) is 4.74 Å². The van der Waals surface area contributed by atoms with Gasteiger partial charge in [-0.1, -0.05) is 29.8 Å². The van der Waals surface area contributed by atoms with Crippen molar-refractivity contribution in [3.63, 3.8) is 0 Å². The largest absolute Gasteiger partial charge is 0.378 e. The Morgan fingerprint density at radius 1 is 1.47 bits per heavy atom. The van der Waals surface area contributed by atoms with Crippen molar-refractivity contribution >= 4 is 21.8 Å². The number of rotatable bonds is 7. The number of ether oxygens (including phenoxy) is 1. The number of hydrogen-bond acceptors (Lipinski definition) is 2. The van der Waals surface area contributed by atoms with Gasteiger partial charge in [-0.3, -0.25) is 4.79 Å². The van der Waals surface area contributed by atoms with Crippen molar-refractivity contribution in [2.75, 3.05) is 12.4 Å². The summed E-state index contributed by atoms with van der Waals surface area (Å²) in [7, 11) is 1.71. The van der Waals surface area contributed by atoms with Crippen LogP contribution in [-0.2, 0) is 9.53 Å². The summed E-state index contributed by atoms with van der Waals surface area (Å²) in [6.07, 6.45) is 4.69. The van der Waals surface area contributed by atoms with Crippen molar-refractivity contribution in [2.24, 2.45) is 5.92 Å². The lowest BCUT2D eigenvalue weighted by molar-refractivity contribution is -0.135. The maximum absolute atomic E-state index is 12.0. The van der Waals surface area contributed by atoms with Gasteiger partial charge in [0.25, 0.3) is 0 Å². The van der Waals surface area contributed by atoms with Crippen molar-refractivity contribution < 1.29 is 9.53 Å². The van der Waals surface area contributed by atoms with Gasteiger partial charge in [0.1, 0.15) is 0 Å². The fourth-order valence-corrected chi connectivity index (χ4v) is 2.76. The van der Waals surface area contributed by atoms with Crippen LogP contribution in [0.2, 0.25) is 0 Å². The Morgan fingerprint density at radius 3 is 2.47 bits per heavy atom. The van der Waals surface area contributed by atoms with Crippen molar-refractivity contribution in [1.29, 1.82) is 0 Å². The second kappa shape index (κ2) is 6.74. The number of hydrogen-bond donors (Lipinski definition) is 1. The van der Waals surface area contributed by atoms with Gasteiger partial charge in [0.2, 0.25) is 5.91 Å². The Kier molecular flexibility index (Phi) is 5.93. The highest BCUT2D eigenvalue weighted by atomic mass is 79.9. The summed E-state index contributed by atoms with van der Waals surface area (Å²) in [6, 6.07) is 0.260. The van der Waals surface area contributed by atoms with Gasteiger partial charge in [0, 0.05) is 18.5 Å². The van der Waals surface area contributed by atoms with Gasteiger partial charge in [-0.2, -0.15) is 0 Å². The lowest BCUT2D eigenvalue weighted by atomic mass is 9.77. The van der Waals surface area contributed by atoms with E-state index < -0.39 is 0 Å². The third-order valence-corrected chi connectivity index (χ3v) is 4.21. The van der Waals surface area contributed by atoms with Crippen molar-refractivity contribution in [3.05, 3.63) is 0 Å². The van der Waals surface area contributed by atoms with E-state index in [1.807, 2.05) is 0 Å². The van der Waals surface area contributed by atoms with Crippen LogP contribution in [0.4, 0.5) is 0 Å². The van der Waals surface area contributed by atoms with Crippen molar-refractivity contribution in [3.8, 4) is 0 Å². The van der Waals surface area contributed by atoms with Gasteiger partial charge in [0.05, 0.1) is 12.0 Å². The molecule has 4 heteroatoms. The van der Waals surface area contributed by atoms with Gasteiger partial charge < -0.3 is 10.1 Å². The summed E-state index contributed by atoms with van der Waals surface area (Å²) in [5.74, 6) is 0.600. The number of carbonyl (C=O) groups excluding carboxylic acids is 1. The average molecular weight is 306 g/mol. The van der Waals surface area contributed by atoms with Crippen LogP contribution in [0.15, 0.2) is 0 Å². The van der Waals surface area contributed by atoms with Gasteiger partial charge in [-0.25, -0.2) is 0 Å². The first kappa shape index (κ1) is 15.0. The molecule has 0 aromatic rings. The third kappa shape index (κ3) is 4.25. The molecule has 1 saturated carbocycles. The third-order valence-electron chi connectivity index (χ3n) is 3.75. The fourth-order valence-electron chi connectivity index (χ4n) is 2.26. The zero-order valence-electron chi connectivity index (χ0n) is 11.1. The smallest absolute Gasteiger partial charge is 0.223 e. The molecule has 1 rings (SSSR count). The maximum Gasteiger partial charge on any atom is 0.223 e. The molecule has 1 N–H and O–H groups in total. The number of alkyl halides is 1. The molecule has 0 radical (unpaired) electrons. The lowest BCUT2D eigenvalue weighted by Crippen LogP contribution is -2.47. The van der Waals surface area contributed by atoms with E-state index in [2.05, 4.69) is 35.1 Å². The quantitative estimate of drug-likeness (QED) is 0.735. The minimum Gasteiger partial charge on any atom is -0.378 e. The first-order chi connectivity index (χ1) is 8.03. The average Bonchev–Trinajstić information content (AvgIpc) is 2.22. The summed E-state index contributed by atoms with van der Waals surface area (Å²) in [4.78, 5) is 12.0. The molecule has 0 spiro atoms. The Hall–Kier alpha value is -0.0900. The molecule has 1 aliphatic carbocycles. The summed E-state index contributed by atoms with van der Waals surface area (Å²) in [5, 5.41) is 4.05. The summed E-state index contributed by atoms with van der Waals surface area (Å²) in [5.41, 5.74) is -0.167. The van der Waals surface area contributed by atoms with Crippen LogP contribution >= 0.6 is 15.9 Å². The zero-order chi connectivity index (χ0) is 12.9. The molecule has 0 aromatic carbocycles. The molecule has 17 heavy (non-hydrogen) atoms. The molecule has 1 amide bonds. The van der Waals surface area contributed by atoms with Crippen LogP contribution in [0.3, 0.4) is 0 Å². The van der Waals surface area contributed by atoms with Gasteiger partial charge in [-0.15, -0.1) is 0 Å². The molecule has 0 aliphatic heterocycles. The summed E-state index contributed by atoms with van der Waals surface area (Å²) >= 11 is 3.43. The molecular formula is C13H24BrNO2. The second-order valence-electron chi connectivity index (χ2n) is 5.31. The molecule has 1 fully saturated rings.